The van der Waals surface area contributed by atoms with E-state index in [1.165, 1.54) is 37.8 Å². The summed E-state index contributed by atoms with van der Waals surface area (Å²) in [5.41, 5.74) is 0.594. The summed E-state index contributed by atoms with van der Waals surface area (Å²) in [4.78, 5) is 83.9. The Morgan fingerprint density at radius 2 is 0.902 bits per heavy atom. The fourth-order valence-corrected chi connectivity index (χ4v) is 5.35. The van der Waals surface area contributed by atoms with E-state index in [9.17, 15) is 38.2 Å². The van der Waals surface area contributed by atoms with Crippen molar-refractivity contribution in [3.05, 3.63) is 29.8 Å². The largest absolute Gasteiger partial charge is 0.463 e. The van der Waals surface area contributed by atoms with Crippen LogP contribution in [0.1, 0.15) is 26.3 Å². The van der Waals surface area contributed by atoms with Crippen molar-refractivity contribution >= 4 is 43.2 Å². The number of benzene rings is 1. The van der Waals surface area contributed by atoms with Gasteiger partial charge in [-0.1, -0.05) is 12.1 Å². The number of hydrogen-bond acceptors (Lipinski definition) is 18. The zero-order valence-electron chi connectivity index (χ0n) is 35.5. The Bertz CT molecular complexity index is 1420. The summed E-state index contributed by atoms with van der Waals surface area (Å²) in [7, 11) is -3.83. The smallest absolute Gasteiger partial charge is 0.373 e. The zero-order valence-corrected chi connectivity index (χ0v) is 36.4. The first-order valence-corrected chi connectivity index (χ1v) is 21.7. The van der Waals surface area contributed by atoms with E-state index >= 15 is 0 Å². The molecule has 61 heavy (non-hydrogen) atoms. The minimum absolute atomic E-state index is 0.0216. The summed E-state index contributed by atoms with van der Waals surface area (Å²) >= 11 is 0. The van der Waals surface area contributed by atoms with Crippen molar-refractivity contribution in [3.8, 4) is 5.75 Å². The average molecular weight is 895 g/mol. The van der Waals surface area contributed by atoms with Gasteiger partial charge >= 0.3 is 25.5 Å². The first-order valence-electron chi connectivity index (χ1n) is 19.7. The molecule has 2 atom stereocenters. The monoisotopic (exact) mass is 894 g/mol. The number of rotatable bonds is 37. The Labute approximate surface area is 356 Å². The Morgan fingerprint density at radius 3 is 1.26 bits per heavy atom. The zero-order chi connectivity index (χ0) is 45.1. The molecule has 0 aliphatic carbocycles. The molecule has 22 nitrogen and oxygen atoms in total. The van der Waals surface area contributed by atoms with E-state index < -0.39 is 49.3 Å². The molecule has 1 rings (SSSR count). The van der Waals surface area contributed by atoms with Crippen molar-refractivity contribution in [2.45, 2.75) is 33.2 Å². The molecule has 0 saturated heterocycles. The fourth-order valence-electron chi connectivity index (χ4n) is 4.84. The van der Waals surface area contributed by atoms with E-state index in [2.05, 4.69) is 16.0 Å². The number of carbonyl (C=O) groups is 6. The Hall–Kier alpha value is -4.25. The maximum absolute atomic E-state index is 13.8. The van der Waals surface area contributed by atoms with Gasteiger partial charge in [0.05, 0.1) is 98.4 Å². The van der Waals surface area contributed by atoms with Gasteiger partial charge in [-0.15, -0.1) is 0 Å². The molecular weight excluding hydrogens is 831 g/mol. The lowest BCUT2D eigenvalue weighted by Gasteiger charge is -2.30. The molecule has 0 bridgehead atoms. The van der Waals surface area contributed by atoms with Crippen molar-refractivity contribution < 1.29 is 85.4 Å². The van der Waals surface area contributed by atoms with Crippen LogP contribution < -0.4 is 20.5 Å². The summed E-state index contributed by atoms with van der Waals surface area (Å²) in [5, 5.41) is 8.26. The number of nitrogens with one attached hydrogen (secondary N) is 3. The Morgan fingerprint density at radius 1 is 0.557 bits per heavy atom. The van der Waals surface area contributed by atoms with Crippen LogP contribution in [0.15, 0.2) is 24.3 Å². The van der Waals surface area contributed by atoms with E-state index in [0.717, 1.165) is 6.66 Å². The number of amides is 3. The normalized spacial score (nSPS) is 12.5. The van der Waals surface area contributed by atoms with Gasteiger partial charge in [0.25, 0.3) is 0 Å². The number of nitrogens with zero attached hydrogens (tertiary/aromatic N) is 1. The molecule has 0 fully saturated rings. The van der Waals surface area contributed by atoms with Crippen LogP contribution in [0.5, 0.6) is 5.75 Å². The molecule has 0 saturated carbocycles. The van der Waals surface area contributed by atoms with Crippen molar-refractivity contribution in [2.75, 3.05) is 138 Å². The van der Waals surface area contributed by atoms with Gasteiger partial charge in [0.15, 0.2) is 0 Å². The van der Waals surface area contributed by atoms with Crippen LogP contribution in [-0.4, -0.2) is 190 Å². The van der Waals surface area contributed by atoms with E-state index in [1.54, 1.807) is 12.1 Å². The maximum Gasteiger partial charge on any atom is 0.373 e. The first kappa shape index (κ1) is 54.8. The van der Waals surface area contributed by atoms with Crippen molar-refractivity contribution in [2.24, 2.45) is 0 Å². The highest BCUT2D eigenvalue weighted by Gasteiger charge is 2.30. The minimum Gasteiger partial charge on any atom is -0.463 e. The second-order valence-corrected chi connectivity index (χ2v) is 14.6. The van der Waals surface area contributed by atoms with Crippen LogP contribution in [-0.2, 0) is 82.4 Å². The van der Waals surface area contributed by atoms with E-state index in [0.29, 0.717) is 5.56 Å². The predicted octanol–water partition coefficient (Wildman–Crippen LogP) is -0.769. The number of ether oxygens (including phenoxy) is 9. The van der Waals surface area contributed by atoms with E-state index in [-0.39, 0.29) is 144 Å². The quantitative estimate of drug-likeness (QED) is 0.0276. The summed E-state index contributed by atoms with van der Waals surface area (Å²) < 4.78 is 63.7. The van der Waals surface area contributed by atoms with Crippen LogP contribution in [0.2, 0.25) is 0 Å². The van der Waals surface area contributed by atoms with Crippen LogP contribution in [0.3, 0.4) is 0 Å². The van der Waals surface area contributed by atoms with Gasteiger partial charge in [-0.05, 0) is 24.1 Å². The van der Waals surface area contributed by atoms with Crippen LogP contribution >= 0.6 is 7.60 Å². The van der Waals surface area contributed by atoms with Crippen molar-refractivity contribution in [1.82, 2.24) is 20.9 Å². The third kappa shape index (κ3) is 33.1. The van der Waals surface area contributed by atoms with Crippen LogP contribution in [0.25, 0.3) is 0 Å². The summed E-state index contributed by atoms with van der Waals surface area (Å²) in [6, 6.07) is 5.08. The SMILES string of the molecule is CC(=O)OCCOCCOCCNC(=O)CN(CC(=O)NCCOCCOCCOC(C)=O)C(Cc1ccc(OP(C)(=O)O)cc1)C(=O)NCCOCCOCCOC(C)=O. The second-order valence-electron chi connectivity index (χ2n) is 12.8. The average Bonchev–Trinajstić information content (AvgIpc) is 3.18. The van der Waals surface area contributed by atoms with E-state index in [1.807, 2.05) is 0 Å². The van der Waals surface area contributed by atoms with Gasteiger partial charge in [0.2, 0.25) is 17.7 Å². The Balaban J connectivity index is 2.95. The van der Waals surface area contributed by atoms with Gasteiger partial charge < -0.3 is 68.0 Å². The molecule has 3 amide bonds. The number of carbonyl (C=O) groups excluding carboxylic acids is 6. The molecule has 0 radical (unpaired) electrons. The lowest BCUT2D eigenvalue weighted by atomic mass is 10.0. The predicted molar refractivity (Wildman–Crippen MR) is 216 cm³/mol. The molecule has 0 aromatic heterocycles. The lowest BCUT2D eigenvalue weighted by molar-refractivity contribution is -0.143. The third-order valence-electron chi connectivity index (χ3n) is 7.46. The number of hydrogen-bond donors (Lipinski definition) is 4. The van der Waals surface area contributed by atoms with E-state index in [4.69, 9.17) is 47.2 Å². The van der Waals surface area contributed by atoms with Crippen LogP contribution in [0.4, 0.5) is 0 Å². The summed E-state index contributed by atoms with van der Waals surface area (Å²) in [6.07, 6.45) is 0.0216. The van der Waals surface area contributed by atoms with Gasteiger partial charge in [0, 0.05) is 47.1 Å². The molecule has 0 spiro atoms. The van der Waals surface area contributed by atoms with Crippen LogP contribution in [0, 0.1) is 0 Å². The van der Waals surface area contributed by atoms with Gasteiger partial charge in [0.1, 0.15) is 25.6 Å². The molecule has 1 aromatic rings. The standard InChI is InChI=1S/C38H63N4O18P/c1-30(43)57-24-21-54-18-15-51-12-9-39-36(46)28-42(29-37(47)40-10-13-52-16-19-55-22-25-58-31(2)44)35(27-33-5-7-34(8-6-33)60-61(4,49)50)38(48)41-11-14-53-17-20-56-23-26-59-32(3)45/h5-8,35H,9-29H2,1-4H3,(H,39,46)(H,40,47)(H,41,48)(H,49,50). The second kappa shape index (κ2) is 34.3. The molecule has 2 unspecified atom stereocenters. The highest BCUT2D eigenvalue weighted by molar-refractivity contribution is 7.52. The number of esters is 3. The lowest BCUT2D eigenvalue weighted by Crippen LogP contribution is -2.54. The van der Waals surface area contributed by atoms with Crippen molar-refractivity contribution in [1.29, 1.82) is 0 Å². The van der Waals surface area contributed by atoms with Gasteiger partial charge in [-0.2, -0.15) is 0 Å². The Kier molecular flexibility index (Phi) is 30.8. The summed E-state index contributed by atoms with van der Waals surface area (Å²) in [6.45, 7) is 7.30. The molecular formula is C38H63N4O18P. The topological polar surface area (TPSA) is 271 Å². The first-order chi connectivity index (χ1) is 29.2. The molecule has 0 aliphatic rings. The molecule has 348 valence electrons. The van der Waals surface area contributed by atoms with Gasteiger partial charge in [-0.25, -0.2) is 4.57 Å². The highest BCUT2D eigenvalue weighted by Crippen LogP contribution is 2.38. The minimum atomic E-state index is -3.83. The fraction of sp³-hybridized carbons (Fsp3) is 0.684. The molecule has 0 aliphatic heterocycles. The molecule has 0 heterocycles. The molecule has 1 aromatic carbocycles. The molecule has 23 heteroatoms. The highest BCUT2D eigenvalue weighted by atomic mass is 31.2. The van der Waals surface area contributed by atoms with Gasteiger partial charge in [-0.3, -0.25) is 33.7 Å². The third-order valence-corrected chi connectivity index (χ3v) is 8.01. The maximum atomic E-state index is 13.8. The summed E-state index contributed by atoms with van der Waals surface area (Å²) in [5.74, 6) is -2.59. The molecule has 4 N–H and O–H groups in total. The van der Waals surface area contributed by atoms with Crippen molar-refractivity contribution in [3.63, 3.8) is 0 Å².